The highest BCUT2D eigenvalue weighted by molar-refractivity contribution is 14.1. The number of nitro benzene ring substituents is 1. The van der Waals surface area contributed by atoms with E-state index in [4.69, 9.17) is 19.9 Å². The van der Waals surface area contributed by atoms with Crippen LogP contribution in [0.25, 0.3) is 0 Å². The van der Waals surface area contributed by atoms with Crippen LogP contribution in [0.5, 0.6) is 17.4 Å². The summed E-state index contributed by atoms with van der Waals surface area (Å²) in [5.74, 6) is 0.856. The van der Waals surface area contributed by atoms with Gasteiger partial charge in [-0.3, -0.25) is 15.2 Å². The van der Waals surface area contributed by atoms with Crippen LogP contribution in [-0.2, 0) is 6.61 Å². The van der Waals surface area contributed by atoms with Crippen LogP contribution in [-0.4, -0.2) is 22.2 Å². The number of allylic oxidation sites excluding steroid dienone is 1. The number of methoxy groups -OCH3 is 1. The van der Waals surface area contributed by atoms with Gasteiger partial charge in [-0.2, -0.15) is 5.26 Å². The number of nitro groups is 1. The molecule has 0 aliphatic carbocycles. The second kappa shape index (κ2) is 8.99. The van der Waals surface area contributed by atoms with E-state index in [1.165, 1.54) is 19.2 Å². The Bertz CT molecular complexity index is 1310. The number of halogens is 1. The van der Waals surface area contributed by atoms with Gasteiger partial charge in [0.05, 0.1) is 21.5 Å². The molecule has 0 fully saturated rings. The van der Waals surface area contributed by atoms with Crippen molar-refractivity contribution in [2.45, 2.75) is 19.4 Å². The average Bonchev–Trinajstić information content (AvgIpc) is 3.16. The largest absolute Gasteiger partial charge is 0.493 e. The molecule has 11 heteroatoms. The molecule has 2 heterocycles. The van der Waals surface area contributed by atoms with Gasteiger partial charge in [0.15, 0.2) is 11.5 Å². The number of aromatic nitrogens is 2. The van der Waals surface area contributed by atoms with Gasteiger partial charge in [0, 0.05) is 23.4 Å². The predicted molar refractivity (Wildman–Crippen MR) is 126 cm³/mol. The van der Waals surface area contributed by atoms with Crippen molar-refractivity contribution < 1.29 is 19.1 Å². The summed E-state index contributed by atoms with van der Waals surface area (Å²) in [5.41, 5.74) is 9.34. The molecule has 3 aromatic rings. The van der Waals surface area contributed by atoms with E-state index in [1.807, 2.05) is 13.0 Å². The maximum absolute atomic E-state index is 10.8. The third-order valence-electron chi connectivity index (χ3n) is 5.24. The van der Waals surface area contributed by atoms with Gasteiger partial charge in [-0.05, 0) is 64.9 Å². The highest BCUT2D eigenvalue weighted by Gasteiger charge is 2.35. The fourth-order valence-electron chi connectivity index (χ4n) is 3.65. The monoisotopic (exact) mass is 559 g/mol. The smallest absolute Gasteiger partial charge is 0.269 e. The summed E-state index contributed by atoms with van der Waals surface area (Å²) >= 11 is 2.14. The first-order valence-corrected chi connectivity index (χ1v) is 10.8. The highest BCUT2D eigenvalue weighted by atomic mass is 127. The molecule has 0 saturated heterocycles. The van der Waals surface area contributed by atoms with Crippen LogP contribution in [0, 0.1) is 31.9 Å². The molecule has 0 unspecified atom stereocenters. The number of fused-ring (bicyclic) bond motifs is 1. The van der Waals surface area contributed by atoms with Crippen LogP contribution in [0.4, 0.5) is 5.69 Å². The van der Waals surface area contributed by atoms with Crippen molar-refractivity contribution in [2.24, 2.45) is 5.73 Å². The lowest BCUT2D eigenvalue weighted by atomic mass is 9.84. The Balaban J connectivity index is 1.69. The third-order valence-corrected chi connectivity index (χ3v) is 6.05. The number of nitrogens with zero attached hydrogens (tertiary/aromatic N) is 3. The van der Waals surface area contributed by atoms with Gasteiger partial charge < -0.3 is 19.9 Å². The minimum absolute atomic E-state index is 0.00831. The molecule has 1 aliphatic rings. The number of benzene rings is 2. The van der Waals surface area contributed by atoms with Crippen LogP contribution in [0.3, 0.4) is 0 Å². The van der Waals surface area contributed by atoms with Gasteiger partial charge in [-0.1, -0.05) is 0 Å². The Morgan fingerprint density at radius 1 is 1.36 bits per heavy atom. The zero-order chi connectivity index (χ0) is 23.7. The third kappa shape index (κ3) is 4.17. The number of hydrogen-bond donors (Lipinski definition) is 2. The van der Waals surface area contributed by atoms with E-state index in [-0.39, 0.29) is 23.8 Å². The van der Waals surface area contributed by atoms with Gasteiger partial charge in [-0.15, -0.1) is 5.10 Å². The summed E-state index contributed by atoms with van der Waals surface area (Å²) in [5, 5.41) is 27.6. The molecule has 0 radical (unpaired) electrons. The minimum atomic E-state index is -0.483. The highest BCUT2D eigenvalue weighted by Crippen LogP contribution is 2.45. The van der Waals surface area contributed by atoms with Crippen LogP contribution >= 0.6 is 22.6 Å². The summed E-state index contributed by atoms with van der Waals surface area (Å²) in [4.78, 5) is 10.4. The number of H-pyrrole nitrogens is 1. The molecule has 4 rings (SSSR count). The lowest BCUT2D eigenvalue weighted by Gasteiger charge is -2.25. The minimum Gasteiger partial charge on any atom is -0.493 e. The van der Waals surface area contributed by atoms with Gasteiger partial charge >= 0.3 is 0 Å². The molecule has 168 valence electrons. The Hall–Kier alpha value is -3.79. The molecule has 3 N–H and O–H groups in total. The number of non-ortho nitro benzene ring substituents is 1. The second-order valence-electron chi connectivity index (χ2n) is 7.24. The Morgan fingerprint density at radius 2 is 2.09 bits per heavy atom. The fourth-order valence-corrected chi connectivity index (χ4v) is 4.43. The normalized spacial score (nSPS) is 14.8. The van der Waals surface area contributed by atoms with Crippen molar-refractivity contribution in [1.29, 1.82) is 5.26 Å². The number of ether oxygens (including phenoxy) is 3. The summed E-state index contributed by atoms with van der Waals surface area (Å²) in [6.45, 7) is 2.05. The molecule has 1 aliphatic heterocycles. The summed E-state index contributed by atoms with van der Waals surface area (Å²) in [7, 11) is 1.53. The van der Waals surface area contributed by atoms with E-state index < -0.39 is 10.8 Å². The molecule has 0 spiro atoms. The standard InChI is InChI=1S/C22H18IN5O5/c1-11-18-19(15(9-24)21(25)33-22(18)27-26-11)13-7-16(23)20(17(8-13)31-2)32-10-12-3-5-14(6-4-12)28(29)30/h3-8,19H,10,25H2,1-2H3,(H,26,27)/t19-/m1/s1. The maximum atomic E-state index is 10.8. The first kappa shape index (κ1) is 22.4. The number of nitriles is 1. The number of aromatic amines is 1. The predicted octanol–water partition coefficient (Wildman–Crippen LogP) is 4.04. The van der Waals surface area contributed by atoms with Gasteiger partial charge in [0.25, 0.3) is 5.69 Å². The van der Waals surface area contributed by atoms with Crippen molar-refractivity contribution in [3.05, 3.63) is 83.9 Å². The zero-order valence-electron chi connectivity index (χ0n) is 17.6. The summed E-state index contributed by atoms with van der Waals surface area (Å²) in [6.07, 6.45) is 0. The molecule has 1 atom stereocenters. The van der Waals surface area contributed by atoms with Crippen LogP contribution in [0.1, 0.15) is 28.3 Å². The van der Waals surface area contributed by atoms with Crippen molar-refractivity contribution in [3.63, 3.8) is 0 Å². The first-order valence-electron chi connectivity index (χ1n) is 9.70. The quantitative estimate of drug-likeness (QED) is 0.261. The van der Waals surface area contributed by atoms with E-state index in [2.05, 4.69) is 38.9 Å². The molecular weight excluding hydrogens is 541 g/mol. The molecule has 0 bridgehead atoms. The number of rotatable bonds is 6. The van der Waals surface area contributed by atoms with Crippen molar-refractivity contribution >= 4 is 28.3 Å². The topological polar surface area (TPSA) is 149 Å². The molecule has 0 amide bonds. The number of nitrogens with two attached hydrogens (primary N) is 1. The zero-order valence-corrected chi connectivity index (χ0v) is 19.7. The first-order chi connectivity index (χ1) is 15.8. The number of aryl methyl sites for hydroxylation is 1. The molecule has 1 aromatic heterocycles. The number of nitrogens with one attached hydrogen (secondary N) is 1. The molecule has 10 nitrogen and oxygen atoms in total. The second-order valence-corrected chi connectivity index (χ2v) is 8.40. The van der Waals surface area contributed by atoms with E-state index in [9.17, 15) is 15.4 Å². The Labute approximate surface area is 202 Å². The Morgan fingerprint density at radius 3 is 2.73 bits per heavy atom. The molecule has 2 aromatic carbocycles. The van der Waals surface area contributed by atoms with E-state index in [0.29, 0.717) is 17.4 Å². The van der Waals surface area contributed by atoms with E-state index in [1.54, 1.807) is 18.2 Å². The van der Waals surface area contributed by atoms with Gasteiger partial charge in [-0.25, -0.2) is 0 Å². The molecule has 33 heavy (non-hydrogen) atoms. The van der Waals surface area contributed by atoms with E-state index >= 15 is 0 Å². The lowest BCUT2D eigenvalue weighted by molar-refractivity contribution is -0.384. The van der Waals surface area contributed by atoms with Crippen molar-refractivity contribution in [2.75, 3.05) is 7.11 Å². The van der Waals surface area contributed by atoms with Gasteiger partial charge in [0.1, 0.15) is 18.2 Å². The average molecular weight is 559 g/mol. The lowest BCUT2D eigenvalue weighted by Crippen LogP contribution is -2.21. The Kier molecular flexibility index (Phi) is 6.10. The molecular formula is C22H18IN5O5. The van der Waals surface area contributed by atoms with Crippen LogP contribution in [0.15, 0.2) is 47.9 Å². The molecule has 0 saturated carbocycles. The van der Waals surface area contributed by atoms with Crippen molar-refractivity contribution in [1.82, 2.24) is 10.2 Å². The van der Waals surface area contributed by atoms with E-state index in [0.717, 1.165) is 26.0 Å². The SMILES string of the molecule is COc1cc([C@@H]2C(C#N)=C(N)Oc3n[nH]c(C)c32)cc(I)c1OCc1ccc([N+](=O)[O-])cc1. The van der Waals surface area contributed by atoms with Crippen LogP contribution in [0.2, 0.25) is 0 Å². The number of hydrogen-bond acceptors (Lipinski definition) is 8. The summed E-state index contributed by atoms with van der Waals surface area (Å²) in [6, 6.07) is 12.0. The maximum Gasteiger partial charge on any atom is 0.269 e. The van der Waals surface area contributed by atoms with Crippen LogP contribution < -0.4 is 19.9 Å². The summed E-state index contributed by atoms with van der Waals surface area (Å²) < 4.78 is 17.9. The van der Waals surface area contributed by atoms with Crippen molar-refractivity contribution in [3.8, 4) is 23.4 Å². The fraction of sp³-hybridized carbons (Fsp3) is 0.182. The van der Waals surface area contributed by atoms with Gasteiger partial charge in [0.2, 0.25) is 11.8 Å².